The number of hydrogen-bond acceptors (Lipinski definition) is 4. The monoisotopic (exact) mass is 371 g/mol. The topological polar surface area (TPSA) is 57.6 Å². The van der Waals surface area contributed by atoms with Gasteiger partial charge in [-0.3, -0.25) is 9.59 Å². The van der Waals surface area contributed by atoms with Crippen molar-refractivity contribution in [2.45, 2.75) is 32.6 Å². The first-order valence-corrected chi connectivity index (χ1v) is 9.94. The van der Waals surface area contributed by atoms with Gasteiger partial charge >= 0.3 is 0 Å². The van der Waals surface area contributed by atoms with Crippen LogP contribution >= 0.6 is 11.3 Å². The van der Waals surface area contributed by atoms with Crippen LogP contribution < -0.4 is 0 Å². The summed E-state index contributed by atoms with van der Waals surface area (Å²) in [6.07, 6.45) is 3.59. The van der Waals surface area contributed by atoms with Gasteiger partial charge in [0, 0.05) is 23.9 Å². The van der Waals surface area contributed by atoms with Gasteiger partial charge in [0.05, 0.1) is 17.0 Å². The van der Waals surface area contributed by atoms with E-state index in [-0.39, 0.29) is 23.7 Å². The lowest BCUT2D eigenvalue weighted by Gasteiger charge is -2.42. The Balaban J connectivity index is 1.69. The number of aryl methyl sites for hydroxylation is 1. The highest BCUT2D eigenvalue weighted by molar-refractivity contribution is 7.12. The van der Waals surface area contributed by atoms with Crippen molar-refractivity contribution >= 4 is 23.0 Å². The van der Waals surface area contributed by atoms with Crippen LogP contribution in [0.2, 0.25) is 0 Å². The van der Waals surface area contributed by atoms with Crippen LogP contribution in [0.3, 0.4) is 0 Å². The zero-order valence-corrected chi connectivity index (χ0v) is 15.9. The number of hydrogen-bond donors (Lipinski definition) is 1. The van der Waals surface area contributed by atoms with Crippen LogP contribution in [0.15, 0.2) is 41.8 Å². The van der Waals surface area contributed by atoms with E-state index in [1.165, 1.54) is 23.8 Å². The van der Waals surface area contributed by atoms with Crippen molar-refractivity contribution in [3.05, 3.63) is 57.8 Å². The molecule has 5 heteroatoms. The fourth-order valence-corrected chi connectivity index (χ4v) is 4.45. The van der Waals surface area contributed by atoms with E-state index in [2.05, 4.69) is 12.1 Å². The number of ketones is 1. The maximum atomic E-state index is 12.9. The zero-order chi connectivity index (χ0) is 18.6. The third-order valence-electron chi connectivity index (χ3n) is 5.26. The van der Waals surface area contributed by atoms with E-state index in [0.29, 0.717) is 23.5 Å². The molecule has 1 aliphatic heterocycles. The van der Waals surface area contributed by atoms with Crippen molar-refractivity contribution in [2.75, 3.05) is 19.7 Å². The molecular formula is C21H25NO3S. The Labute approximate surface area is 158 Å². The molecule has 3 rings (SSSR count). The fourth-order valence-electron chi connectivity index (χ4n) is 3.66. The van der Waals surface area contributed by atoms with Crippen LogP contribution in [0.4, 0.5) is 0 Å². The number of carbonyl (C=O) groups excluding carboxylic acids is 2. The Bertz CT molecular complexity index is 771. The molecule has 1 aromatic carbocycles. The highest BCUT2D eigenvalue weighted by atomic mass is 32.1. The SMILES string of the molecule is CC(=O)c1cc(C(=O)N2CCC[C@](CO)(CCc3ccccc3)C2)cs1. The van der Waals surface area contributed by atoms with E-state index in [1.807, 2.05) is 23.1 Å². The summed E-state index contributed by atoms with van der Waals surface area (Å²) in [5.74, 6) is -0.0498. The number of piperidine rings is 1. The number of rotatable bonds is 6. The van der Waals surface area contributed by atoms with Gasteiger partial charge < -0.3 is 10.0 Å². The molecule has 2 aromatic rings. The molecule has 0 unspecified atom stereocenters. The van der Waals surface area contributed by atoms with Gasteiger partial charge in [0.15, 0.2) is 5.78 Å². The van der Waals surface area contributed by atoms with Crippen molar-refractivity contribution in [1.29, 1.82) is 0 Å². The number of thiophene rings is 1. The van der Waals surface area contributed by atoms with Crippen LogP contribution in [0.25, 0.3) is 0 Å². The predicted octanol–water partition coefficient (Wildman–Crippen LogP) is 3.80. The Hall–Kier alpha value is -1.98. The summed E-state index contributed by atoms with van der Waals surface area (Å²) in [4.78, 5) is 26.8. The van der Waals surface area contributed by atoms with E-state index < -0.39 is 0 Å². The minimum atomic E-state index is -0.247. The van der Waals surface area contributed by atoms with Crippen LogP contribution in [0, 0.1) is 5.41 Å². The minimum absolute atomic E-state index is 0.0136. The van der Waals surface area contributed by atoms with E-state index in [9.17, 15) is 14.7 Å². The second-order valence-corrected chi connectivity index (χ2v) is 8.14. The van der Waals surface area contributed by atoms with Crippen molar-refractivity contribution in [2.24, 2.45) is 5.41 Å². The Morgan fingerprint density at radius 3 is 2.69 bits per heavy atom. The molecule has 1 aromatic heterocycles. The molecule has 138 valence electrons. The molecule has 0 spiro atoms. The molecule has 26 heavy (non-hydrogen) atoms. The van der Waals surface area contributed by atoms with Gasteiger partial charge in [0.2, 0.25) is 0 Å². The van der Waals surface area contributed by atoms with Crippen LogP contribution in [0.1, 0.15) is 51.8 Å². The Morgan fingerprint density at radius 1 is 1.27 bits per heavy atom. The zero-order valence-electron chi connectivity index (χ0n) is 15.1. The van der Waals surface area contributed by atoms with Crippen LogP contribution in [-0.4, -0.2) is 41.4 Å². The van der Waals surface area contributed by atoms with Gasteiger partial charge in [-0.05, 0) is 44.2 Å². The summed E-state index contributed by atoms with van der Waals surface area (Å²) in [7, 11) is 0. The van der Waals surface area contributed by atoms with Crippen molar-refractivity contribution in [3.8, 4) is 0 Å². The number of likely N-dealkylation sites (tertiary alicyclic amines) is 1. The summed E-state index contributed by atoms with van der Waals surface area (Å²) in [6.45, 7) is 2.88. The summed E-state index contributed by atoms with van der Waals surface area (Å²) < 4.78 is 0. The van der Waals surface area contributed by atoms with Gasteiger partial charge in [-0.2, -0.15) is 0 Å². The molecule has 1 fully saturated rings. The molecule has 1 N–H and O–H groups in total. The molecular weight excluding hydrogens is 346 g/mol. The number of aliphatic hydroxyl groups is 1. The summed E-state index contributed by atoms with van der Waals surface area (Å²) >= 11 is 1.32. The molecule has 1 saturated heterocycles. The van der Waals surface area contributed by atoms with Crippen molar-refractivity contribution in [3.63, 3.8) is 0 Å². The maximum Gasteiger partial charge on any atom is 0.254 e. The lowest BCUT2D eigenvalue weighted by atomic mass is 9.76. The molecule has 1 amide bonds. The van der Waals surface area contributed by atoms with Crippen LogP contribution in [-0.2, 0) is 6.42 Å². The minimum Gasteiger partial charge on any atom is -0.396 e. The Kier molecular flexibility index (Phi) is 5.89. The summed E-state index contributed by atoms with van der Waals surface area (Å²) in [5, 5.41) is 11.8. The predicted molar refractivity (Wildman–Crippen MR) is 104 cm³/mol. The first-order valence-electron chi connectivity index (χ1n) is 9.06. The third-order valence-corrected chi connectivity index (χ3v) is 6.30. The van der Waals surface area contributed by atoms with Crippen molar-refractivity contribution < 1.29 is 14.7 Å². The van der Waals surface area contributed by atoms with Gasteiger partial charge in [-0.1, -0.05) is 30.3 Å². The molecule has 0 bridgehead atoms. The van der Waals surface area contributed by atoms with E-state index >= 15 is 0 Å². The van der Waals surface area contributed by atoms with Gasteiger partial charge in [0.1, 0.15) is 0 Å². The molecule has 2 heterocycles. The maximum absolute atomic E-state index is 12.9. The normalized spacial score (nSPS) is 20.2. The number of benzene rings is 1. The molecule has 1 aliphatic rings. The standard InChI is InChI=1S/C21H25NO3S/c1-16(24)19-12-18(13-26-19)20(25)22-11-5-9-21(14-22,15-23)10-8-17-6-3-2-4-7-17/h2-4,6-7,12-13,23H,5,8-11,14-15H2,1H3/t21-/m0/s1. The molecule has 4 nitrogen and oxygen atoms in total. The quantitative estimate of drug-likeness (QED) is 0.786. The average Bonchev–Trinajstić information content (AvgIpc) is 3.17. The number of Topliss-reactive ketones (excluding diaryl/α,β-unsaturated/α-hetero) is 1. The van der Waals surface area contributed by atoms with Gasteiger partial charge in [0.25, 0.3) is 5.91 Å². The first kappa shape index (κ1) is 18.8. The smallest absolute Gasteiger partial charge is 0.254 e. The molecule has 1 atom stereocenters. The Morgan fingerprint density at radius 2 is 2.04 bits per heavy atom. The third kappa shape index (κ3) is 4.22. The summed E-state index contributed by atoms with van der Waals surface area (Å²) in [5.41, 5.74) is 1.59. The van der Waals surface area contributed by atoms with Gasteiger partial charge in [-0.25, -0.2) is 0 Å². The molecule has 0 aliphatic carbocycles. The largest absolute Gasteiger partial charge is 0.396 e. The fraction of sp³-hybridized carbons (Fsp3) is 0.429. The van der Waals surface area contributed by atoms with E-state index in [1.54, 1.807) is 11.4 Å². The molecule has 0 radical (unpaired) electrons. The number of aliphatic hydroxyl groups excluding tert-OH is 1. The van der Waals surface area contributed by atoms with Crippen LogP contribution in [0.5, 0.6) is 0 Å². The first-order chi connectivity index (χ1) is 12.5. The highest BCUT2D eigenvalue weighted by Crippen LogP contribution is 2.35. The average molecular weight is 372 g/mol. The van der Waals surface area contributed by atoms with Crippen molar-refractivity contribution in [1.82, 2.24) is 4.90 Å². The summed E-state index contributed by atoms with van der Waals surface area (Å²) in [6, 6.07) is 12.0. The lowest BCUT2D eigenvalue weighted by molar-refractivity contribution is 0.0228. The lowest BCUT2D eigenvalue weighted by Crippen LogP contribution is -2.48. The molecule has 0 saturated carbocycles. The number of amides is 1. The second-order valence-electron chi connectivity index (χ2n) is 7.23. The highest BCUT2D eigenvalue weighted by Gasteiger charge is 2.36. The number of nitrogens with zero attached hydrogens (tertiary/aromatic N) is 1. The number of carbonyl (C=O) groups is 2. The van der Waals surface area contributed by atoms with E-state index in [0.717, 1.165) is 25.7 Å². The van der Waals surface area contributed by atoms with E-state index in [4.69, 9.17) is 0 Å². The van der Waals surface area contributed by atoms with Gasteiger partial charge in [-0.15, -0.1) is 11.3 Å². The second kappa shape index (κ2) is 8.14.